The highest BCUT2D eigenvalue weighted by Crippen LogP contribution is 2.13. The van der Waals surface area contributed by atoms with Crippen molar-refractivity contribution in [3.05, 3.63) is 42.1 Å². The number of rotatable bonds is 6. The molecular weight excluding hydrogens is 220 g/mol. The van der Waals surface area contributed by atoms with Gasteiger partial charge in [0.25, 0.3) is 0 Å². The summed E-state index contributed by atoms with van der Waals surface area (Å²) < 4.78 is 0. The van der Waals surface area contributed by atoms with E-state index in [1.807, 2.05) is 12.3 Å². The lowest BCUT2D eigenvalue weighted by molar-refractivity contribution is 0.462. The van der Waals surface area contributed by atoms with Crippen LogP contribution in [-0.4, -0.2) is 11.0 Å². The summed E-state index contributed by atoms with van der Waals surface area (Å²) in [6.45, 7) is 5.44. The molecule has 2 aromatic rings. The maximum atomic E-state index is 4.34. The van der Waals surface area contributed by atoms with Crippen LogP contribution in [0.15, 0.2) is 36.5 Å². The first-order chi connectivity index (χ1) is 8.83. The van der Waals surface area contributed by atoms with Gasteiger partial charge in [-0.2, -0.15) is 0 Å². The van der Waals surface area contributed by atoms with Crippen molar-refractivity contribution in [3.8, 4) is 0 Å². The van der Waals surface area contributed by atoms with Gasteiger partial charge in [-0.25, -0.2) is 0 Å². The molecule has 1 atom stereocenters. The maximum Gasteiger partial charge on any atom is 0.0702 e. The Morgan fingerprint density at radius 2 is 2.11 bits per heavy atom. The molecule has 0 aliphatic carbocycles. The van der Waals surface area contributed by atoms with Gasteiger partial charge >= 0.3 is 0 Å². The minimum atomic E-state index is 0.639. The Bertz CT molecular complexity index is 493. The minimum Gasteiger partial charge on any atom is -0.310 e. The van der Waals surface area contributed by atoms with Crippen molar-refractivity contribution < 1.29 is 0 Å². The summed E-state index contributed by atoms with van der Waals surface area (Å²) in [5.41, 5.74) is 2.41. The molecule has 0 saturated carbocycles. The third-order valence-corrected chi connectivity index (χ3v) is 3.39. The number of benzene rings is 1. The van der Waals surface area contributed by atoms with Gasteiger partial charge in [-0.05, 0) is 36.6 Å². The molecule has 0 bridgehead atoms. The molecule has 0 amide bonds. The fourth-order valence-electron chi connectivity index (χ4n) is 2.30. The zero-order valence-electron chi connectivity index (χ0n) is 11.3. The van der Waals surface area contributed by atoms with Crippen LogP contribution < -0.4 is 5.32 Å². The third-order valence-electron chi connectivity index (χ3n) is 3.39. The molecule has 1 aromatic carbocycles. The second kappa shape index (κ2) is 6.50. The number of hydrogen-bond donors (Lipinski definition) is 1. The van der Waals surface area contributed by atoms with Gasteiger partial charge in [0.2, 0.25) is 0 Å². The van der Waals surface area contributed by atoms with E-state index in [9.17, 15) is 0 Å². The first kappa shape index (κ1) is 13.0. The van der Waals surface area contributed by atoms with E-state index in [1.165, 1.54) is 30.2 Å². The Morgan fingerprint density at radius 1 is 1.22 bits per heavy atom. The van der Waals surface area contributed by atoms with Crippen LogP contribution in [0, 0.1) is 0 Å². The summed E-state index contributed by atoms with van der Waals surface area (Å²) >= 11 is 0. The topological polar surface area (TPSA) is 24.9 Å². The van der Waals surface area contributed by atoms with Crippen LogP contribution >= 0.6 is 0 Å². The molecule has 96 valence electrons. The summed E-state index contributed by atoms with van der Waals surface area (Å²) in [4.78, 5) is 4.34. The molecule has 1 aromatic heterocycles. The first-order valence-corrected chi connectivity index (χ1v) is 6.90. The van der Waals surface area contributed by atoms with E-state index in [-0.39, 0.29) is 0 Å². The van der Waals surface area contributed by atoms with Crippen molar-refractivity contribution in [1.29, 1.82) is 0 Å². The number of pyridine rings is 1. The Labute approximate surface area is 109 Å². The van der Waals surface area contributed by atoms with Crippen molar-refractivity contribution in [2.24, 2.45) is 0 Å². The fraction of sp³-hybridized carbons (Fsp3) is 0.438. The van der Waals surface area contributed by atoms with Gasteiger partial charge < -0.3 is 5.32 Å². The molecule has 0 fully saturated rings. The molecule has 1 N–H and O–H groups in total. The van der Waals surface area contributed by atoms with E-state index in [4.69, 9.17) is 0 Å². The molecule has 2 rings (SSSR count). The van der Waals surface area contributed by atoms with Gasteiger partial charge in [0.15, 0.2) is 0 Å². The van der Waals surface area contributed by atoms with Crippen LogP contribution in [0.1, 0.15) is 38.7 Å². The molecule has 1 heterocycles. The summed E-state index contributed by atoms with van der Waals surface area (Å²) in [5, 5.41) is 4.85. The van der Waals surface area contributed by atoms with E-state index in [2.05, 4.69) is 48.4 Å². The van der Waals surface area contributed by atoms with E-state index in [0.717, 1.165) is 12.1 Å². The molecule has 0 spiro atoms. The summed E-state index contributed by atoms with van der Waals surface area (Å²) in [5.74, 6) is 0. The molecule has 2 nitrogen and oxygen atoms in total. The summed E-state index contributed by atoms with van der Waals surface area (Å²) in [7, 11) is 0. The number of aromatic nitrogens is 1. The normalized spacial score (nSPS) is 12.8. The van der Waals surface area contributed by atoms with Gasteiger partial charge in [-0.3, -0.25) is 4.98 Å². The summed E-state index contributed by atoms with van der Waals surface area (Å²) in [6, 6.07) is 11.3. The lowest BCUT2D eigenvalue weighted by atomic mass is 10.1. The lowest BCUT2D eigenvalue weighted by Gasteiger charge is -2.16. The molecule has 0 aliphatic heterocycles. The highest BCUT2D eigenvalue weighted by atomic mass is 14.9. The quantitative estimate of drug-likeness (QED) is 0.831. The van der Waals surface area contributed by atoms with E-state index >= 15 is 0 Å². The van der Waals surface area contributed by atoms with Gasteiger partial charge in [-0.1, -0.05) is 32.4 Å². The molecular formula is C16H22N2. The van der Waals surface area contributed by atoms with Gasteiger partial charge in [0.05, 0.1) is 5.52 Å². The molecule has 0 radical (unpaired) electrons. The Balaban J connectivity index is 2.03. The maximum absolute atomic E-state index is 4.34. The third kappa shape index (κ3) is 3.30. The minimum absolute atomic E-state index is 0.639. The smallest absolute Gasteiger partial charge is 0.0702 e. The standard InChI is InChI=1S/C16H22N2/c1-3-6-15(4-2)18-12-13-8-9-16-14(11-13)7-5-10-17-16/h5,7-11,15,18H,3-4,6,12H2,1-2H3. The lowest BCUT2D eigenvalue weighted by Crippen LogP contribution is -2.27. The number of fused-ring (bicyclic) bond motifs is 1. The largest absolute Gasteiger partial charge is 0.310 e. The molecule has 0 aliphatic rings. The van der Waals surface area contributed by atoms with Gasteiger partial charge in [0, 0.05) is 24.2 Å². The average molecular weight is 242 g/mol. The molecule has 0 saturated heterocycles. The van der Waals surface area contributed by atoms with Crippen molar-refractivity contribution in [2.45, 2.75) is 45.7 Å². The molecule has 18 heavy (non-hydrogen) atoms. The zero-order valence-corrected chi connectivity index (χ0v) is 11.3. The van der Waals surface area contributed by atoms with Crippen LogP contribution in [0.3, 0.4) is 0 Å². The van der Waals surface area contributed by atoms with E-state index in [0.29, 0.717) is 6.04 Å². The van der Waals surface area contributed by atoms with Crippen LogP contribution in [0.25, 0.3) is 10.9 Å². The van der Waals surface area contributed by atoms with Crippen LogP contribution in [-0.2, 0) is 6.54 Å². The van der Waals surface area contributed by atoms with Crippen molar-refractivity contribution >= 4 is 10.9 Å². The highest BCUT2D eigenvalue weighted by molar-refractivity contribution is 5.78. The monoisotopic (exact) mass is 242 g/mol. The zero-order chi connectivity index (χ0) is 12.8. The molecule has 1 unspecified atom stereocenters. The Kier molecular flexibility index (Phi) is 4.71. The number of hydrogen-bond acceptors (Lipinski definition) is 2. The predicted molar refractivity (Wildman–Crippen MR) is 77.6 cm³/mol. The van der Waals surface area contributed by atoms with Crippen molar-refractivity contribution in [3.63, 3.8) is 0 Å². The SMILES string of the molecule is CCCC(CC)NCc1ccc2ncccc2c1. The van der Waals surface area contributed by atoms with Crippen LogP contribution in [0.2, 0.25) is 0 Å². The van der Waals surface area contributed by atoms with Gasteiger partial charge in [-0.15, -0.1) is 0 Å². The van der Waals surface area contributed by atoms with Crippen molar-refractivity contribution in [1.82, 2.24) is 10.3 Å². The van der Waals surface area contributed by atoms with Gasteiger partial charge in [0.1, 0.15) is 0 Å². The van der Waals surface area contributed by atoms with E-state index in [1.54, 1.807) is 0 Å². The van der Waals surface area contributed by atoms with Crippen molar-refractivity contribution in [2.75, 3.05) is 0 Å². The fourth-order valence-corrected chi connectivity index (χ4v) is 2.30. The Hall–Kier alpha value is -1.41. The number of nitrogens with one attached hydrogen (secondary N) is 1. The average Bonchev–Trinajstić information content (AvgIpc) is 2.43. The number of nitrogens with zero attached hydrogens (tertiary/aromatic N) is 1. The first-order valence-electron chi connectivity index (χ1n) is 6.90. The van der Waals surface area contributed by atoms with Crippen LogP contribution in [0.4, 0.5) is 0 Å². The second-order valence-corrected chi connectivity index (χ2v) is 4.81. The van der Waals surface area contributed by atoms with Crippen LogP contribution in [0.5, 0.6) is 0 Å². The second-order valence-electron chi connectivity index (χ2n) is 4.81. The molecule has 2 heteroatoms. The summed E-state index contributed by atoms with van der Waals surface area (Å²) in [6.07, 6.45) is 5.54. The predicted octanol–water partition coefficient (Wildman–Crippen LogP) is 3.90. The highest BCUT2D eigenvalue weighted by Gasteiger charge is 2.04. The Morgan fingerprint density at radius 3 is 2.89 bits per heavy atom. The van der Waals surface area contributed by atoms with E-state index < -0.39 is 0 Å².